The molecule has 1 heterocycles. The van der Waals surface area contributed by atoms with Crippen molar-refractivity contribution >= 4 is 45.1 Å². The van der Waals surface area contributed by atoms with Crippen LogP contribution in [0.1, 0.15) is 26.3 Å². The fourth-order valence-electron chi connectivity index (χ4n) is 1.65. The molecule has 0 aliphatic heterocycles. The Morgan fingerprint density at radius 2 is 1.95 bits per heavy atom. The number of nitrogens with one attached hydrogen (secondary N) is 1. The van der Waals surface area contributed by atoms with E-state index in [1.807, 2.05) is 39.0 Å². The van der Waals surface area contributed by atoms with E-state index in [0.717, 1.165) is 16.5 Å². The van der Waals surface area contributed by atoms with Crippen LogP contribution in [-0.2, 0) is 17.5 Å². The van der Waals surface area contributed by atoms with Gasteiger partial charge in [0.15, 0.2) is 0 Å². The molecule has 1 atom stereocenters. The summed E-state index contributed by atoms with van der Waals surface area (Å²) < 4.78 is 14.6. The molecule has 1 unspecified atom stereocenters. The molecule has 0 radical (unpaired) electrons. The fourth-order valence-corrected chi connectivity index (χ4v) is 2.76. The zero-order chi connectivity index (χ0) is 14.9. The summed E-state index contributed by atoms with van der Waals surface area (Å²) in [5.74, 6) is 0. The molecule has 1 N–H and O–H groups in total. The van der Waals surface area contributed by atoms with Gasteiger partial charge in [0.25, 0.3) is 0 Å². The van der Waals surface area contributed by atoms with Crippen LogP contribution in [0.5, 0.6) is 0 Å². The van der Waals surface area contributed by atoms with Crippen molar-refractivity contribution in [2.24, 2.45) is 0 Å². The number of rotatable bonds is 3. The fraction of sp³-hybridized carbons (Fsp3) is 0.357. The van der Waals surface area contributed by atoms with Crippen LogP contribution in [0.4, 0.5) is 0 Å². The summed E-state index contributed by atoms with van der Waals surface area (Å²) in [6, 6.07) is 7.36. The van der Waals surface area contributed by atoms with Crippen molar-refractivity contribution in [2.75, 3.05) is 0 Å². The number of nitrogens with zero attached hydrogens (tertiary/aromatic N) is 1. The highest BCUT2D eigenvalue weighted by molar-refractivity contribution is 7.84. The predicted octanol–water partition coefficient (Wildman–Crippen LogP) is 4.09. The Kier molecular flexibility index (Phi) is 4.69. The average molecular weight is 331 g/mol. The van der Waals surface area contributed by atoms with Gasteiger partial charge in [-0.2, -0.15) is 0 Å². The normalized spacial score (nSPS) is 13.7. The van der Waals surface area contributed by atoms with Crippen LogP contribution in [0.2, 0.25) is 10.2 Å². The Balaban J connectivity index is 2.26. The molecule has 0 fully saturated rings. The van der Waals surface area contributed by atoms with Gasteiger partial charge in [-0.25, -0.2) is 13.9 Å². The number of halogens is 2. The van der Waals surface area contributed by atoms with Crippen LogP contribution in [-0.4, -0.2) is 13.9 Å². The highest BCUT2D eigenvalue weighted by Gasteiger charge is 2.19. The lowest BCUT2D eigenvalue weighted by molar-refractivity contribution is 0.635. The molecule has 0 saturated carbocycles. The molecule has 3 nitrogen and oxygen atoms in total. The molecule has 2 aromatic rings. The van der Waals surface area contributed by atoms with Gasteiger partial charge in [-0.1, -0.05) is 23.2 Å². The number of pyridine rings is 1. The van der Waals surface area contributed by atoms with E-state index in [2.05, 4.69) is 9.71 Å². The molecule has 108 valence electrons. The molecule has 1 aromatic carbocycles. The largest absolute Gasteiger partial charge is 0.242 e. The number of hydrogen-bond acceptors (Lipinski definition) is 2. The lowest BCUT2D eigenvalue weighted by Crippen LogP contribution is -2.32. The maximum Gasteiger partial charge on any atom is 0.134 e. The van der Waals surface area contributed by atoms with Gasteiger partial charge in [-0.15, -0.1) is 0 Å². The van der Waals surface area contributed by atoms with Crippen molar-refractivity contribution in [3.8, 4) is 0 Å². The van der Waals surface area contributed by atoms with E-state index >= 15 is 0 Å². The van der Waals surface area contributed by atoms with E-state index in [1.165, 1.54) is 0 Å². The second-order valence-electron chi connectivity index (χ2n) is 5.48. The third-order valence-electron chi connectivity index (χ3n) is 2.75. The van der Waals surface area contributed by atoms with Gasteiger partial charge in [0.1, 0.15) is 5.15 Å². The van der Waals surface area contributed by atoms with Gasteiger partial charge in [-0.05, 0) is 45.0 Å². The highest BCUT2D eigenvalue weighted by atomic mass is 35.5. The Hall–Kier alpha value is -0.680. The molecule has 2 rings (SSSR count). The van der Waals surface area contributed by atoms with Gasteiger partial charge >= 0.3 is 0 Å². The van der Waals surface area contributed by atoms with Crippen LogP contribution in [0.25, 0.3) is 10.9 Å². The van der Waals surface area contributed by atoms with Crippen molar-refractivity contribution in [2.45, 2.75) is 32.1 Å². The summed E-state index contributed by atoms with van der Waals surface area (Å²) >= 11 is 12.1. The topological polar surface area (TPSA) is 42.0 Å². The summed E-state index contributed by atoms with van der Waals surface area (Å²) in [5.41, 5.74) is 1.60. The Morgan fingerprint density at radius 3 is 2.60 bits per heavy atom. The van der Waals surface area contributed by atoms with Gasteiger partial charge in [-0.3, -0.25) is 0 Å². The molecular weight excluding hydrogens is 315 g/mol. The smallest absolute Gasteiger partial charge is 0.134 e. The minimum absolute atomic E-state index is 0.319. The molecule has 0 spiro atoms. The Labute approximate surface area is 131 Å². The first kappa shape index (κ1) is 15.7. The second kappa shape index (κ2) is 5.98. The van der Waals surface area contributed by atoms with Gasteiger partial charge in [0.2, 0.25) is 0 Å². The van der Waals surface area contributed by atoms with Crippen molar-refractivity contribution in [1.29, 1.82) is 0 Å². The molecule has 0 aliphatic carbocycles. The minimum atomic E-state index is -1.15. The monoisotopic (exact) mass is 330 g/mol. The third kappa shape index (κ3) is 3.70. The van der Waals surface area contributed by atoms with E-state index in [-0.39, 0.29) is 4.75 Å². The zero-order valence-corrected chi connectivity index (χ0v) is 13.9. The molecule has 1 aromatic heterocycles. The lowest BCUT2D eigenvalue weighted by Gasteiger charge is -2.18. The van der Waals surface area contributed by atoms with Crippen LogP contribution in [0.3, 0.4) is 0 Å². The maximum atomic E-state index is 12.0. The summed E-state index contributed by atoms with van der Waals surface area (Å²) in [6.45, 7) is 6.14. The summed E-state index contributed by atoms with van der Waals surface area (Å²) in [7, 11) is -1.15. The van der Waals surface area contributed by atoms with E-state index in [4.69, 9.17) is 23.2 Å². The molecule has 0 saturated heterocycles. The number of hydrogen-bond donors (Lipinski definition) is 1. The summed E-state index contributed by atoms with van der Waals surface area (Å²) in [6.07, 6.45) is 0. The first-order valence-corrected chi connectivity index (χ1v) is 8.08. The van der Waals surface area contributed by atoms with Gasteiger partial charge in [0, 0.05) is 22.5 Å². The summed E-state index contributed by atoms with van der Waals surface area (Å²) in [4.78, 5) is 4.32. The van der Waals surface area contributed by atoms with E-state index in [9.17, 15) is 4.21 Å². The van der Waals surface area contributed by atoms with Crippen LogP contribution >= 0.6 is 23.2 Å². The molecular formula is C14H16Cl2N2OS. The molecule has 6 heteroatoms. The average Bonchev–Trinajstić information content (AvgIpc) is 2.35. The highest BCUT2D eigenvalue weighted by Crippen LogP contribution is 2.23. The van der Waals surface area contributed by atoms with Crippen LogP contribution in [0, 0.1) is 0 Å². The standard InChI is InChI=1S/C14H16Cl2N2OS/c1-14(2,3)20(19)17-8-10-6-9-7-11(15)4-5-12(9)18-13(10)16/h4-7,17H,8H2,1-3H3. The number of fused-ring (bicyclic) bond motifs is 1. The maximum absolute atomic E-state index is 12.0. The summed E-state index contributed by atoms with van der Waals surface area (Å²) in [5, 5.41) is 1.98. The Bertz CT molecular complexity index is 668. The molecule has 0 aliphatic rings. The SMILES string of the molecule is CC(C)(C)S(=O)NCc1cc2cc(Cl)ccc2nc1Cl. The first-order valence-electron chi connectivity index (χ1n) is 6.17. The van der Waals surface area contributed by atoms with Crippen molar-refractivity contribution in [3.63, 3.8) is 0 Å². The molecule has 0 bridgehead atoms. The van der Waals surface area contributed by atoms with Gasteiger partial charge in [0.05, 0.1) is 21.2 Å². The lowest BCUT2D eigenvalue weighted by atomic mass is 10.1. The number of benzene rings is 1. The second-order valence-corrected chi connectivity index (χ2v) is 8.32. The quantitative estimate of drug-likeness (QED) is 0.861. The Morgan fingerprint density at radius 1 is 1.25 bits per heavy atom. The van der Waals surface area contributed by atoms with Gasteiger partial charge < -0.3 is 0 Å². The number of aromatic nitrogens is 1. The van der Waals surface area contributed by atoms with E-state index in [0.29, 0.717) is 16.7 Å². The first-order chi connectivity index (χ1) is 9.27. The van der Waals surface area contributed by atoms with Crippen LogP contribution in [0.15, 0.2) is 24.3 Å². The zero-order valence-electron chi connectivity index (χ0n) is 11.5. The predicted molar refractivity (Wildman–Crippen MR) is 86.5 cm³/mol. The third-order valence-corrected chi connectivity index (χ3v) is 4.83. The van der Waals surface area contributed by atoms with Crippen molar-refractivity contribution in [3.05, 3.63) is 40.0 Å². The van der Waals surface area contributed by atoms with Crippen molar-refractivity contribution < 1.29 is 4.21 Å². The van der Waals surface area contributed by atoms with E-state index < -0.39 is 11.0 Å². The molecule has 0 amide bonds. The minimum Gasteiger partial charge on any atom is -0.242 e. The molecule has 20 heavy (non-hydrogen) atoms. The van der Waals surface area contributed by atoms with E-state index in [1.54, 1.807) is 6.07 Å². The van der Waals surface area contributed by atoms with Crippen molar-refractivity contribution in [1.82, 2.24) is 9.71 Å². The van der Waals surface area contributed by atoms with Crippen LogP contribution < -0.4 is 4.72 Å².